The minimum atomic E-state index is -5.26. The molecule has 0 spiro atoms. The Morgan fingerprint density at radius 1 is 1.21 bits per heavy atom. The highest BCUT2D eigenvalue weighted by Crippen LogP contribution is 2.42. The molecule has 8 nitrogen and oxygen atoms in total. The summed E-state index contributed by atoms with van der Waals surface area (Å²) in [5.41, 5.74) is -7.47. The van der Waals surface area contributed by atoms with Crippen LogP contribution in [0.3, 0.4) is 0 Å². The van der Waals surface area contributed by atoms with Crippen molar-refractivity contribution in [2.75, 3.05) is 20.9 Å². The number of rotatable bonds is 5. The van der Waals surface area contributed by atoms with E-state index in [1.54, 1.807) is 0 Å². The largest absolute Gasteiger partial charge is 0.486 e. The minimum absolute atomic E-state index is 0.154. The van der Waals surface area contributed by atoms with E-state index in [9.17, 15) is 30.6 Å². The van der Waals surface area contributed by atoms with Crippen molar-refractivity contribution in [3.05, 3.63) is 33.4 Å². The van der Waals surface area contributed by atoms with E-state index in [-0.39, 0.29) is 12.6 Å². The fourth-order valence-electron chi connectivity index (χ4n) is 2.66. The van der Waals surface area contributed by atoms with Crippen LogP contribution in [0, 0.1) is 0 Å². The zero-order valence-corrected chi connectivity index (χ0v) is 18.7. The number of aliphatic imine (C=N–C) groups is 1. The van der Waals surface area contributed by atoms with Crippen LogP contribution in [0.2, 0.25) is 10.0 Å². The highest BCUT2D eigenvalue weighted by Gasteiger charge is 2.45. The Balaban J connectivity index is 2.39. The van der Waals surface area contributed by atoms with Gasteiger partial charge in [-0.1, -0.05) is 28.4 Å². The maximum absolute atomic E-state index is 13.5. The first kappa shape index (κ1) is 25.1. The standard InChI is InChI=1S/C16H11Cl2F6N5O3S/c1-28-6-32-27-13(28)10-12(33(30)16(22,23)24)14(25-5-31-2)29(26-10)11-8(17)3-7(4-9(11)18)15(19,20)21/h3-5H,6H2,1-2H3. The summed E-state index contributed by atoms with van der Waals surface area (Å²) in [7, 11) is -1.17. The van der Waals surface area contributed by atoms with Gasteiger partial charge in [0.25, 0.3) is 0 Å². The molecule has 0 N–H and O–H groups in total. The first-order valence-electron chi connectivity index (χ1n) is 8.42. The monoisotopic (exact) mass is 537 g/mol. The number of ether oxygens (including phenoxy) is 1. The number of amidine groups is 1. The third kappa shape index (κ3) is 4.89. The lowest BCUT2D eigenvalue weighted by atomic mass is 10.2. The molecule has 0 saturated carbocycles. The van der Waals surface area contributed by atoms with Gasteiger partial charge in [-0.2, -0.15) is 36.4 Å². The van der Waals surface area contributed by atoms with Gasteiger partial charge in [0.05, 0.1) is 22.7 Å². The van der Waals surface area contributed by atoms with Gasteiger partial charge in [-0.15, -0.1) is 0 Å². The predicted molar refractivity (Wildman–Crippen MR) is 106 cm³/mol. The SMILES string of the molecule is COC=Nc1c(S(=O)C(F)(F)F)c(C2=NOCN2C)nn1-c1c(Cl)cc(C(F)(F)F)cc1Cl. The Bertz CT molecular complexity index is 1140. The number of methoxy groups -OCH3 is 1. The average Bonchev–Trinajstić information content (AvgIpc) is 3.27. The van der Waals surface area contributed by atoms with Crippen LogP contribution in [0.4, 0.5) is 32.2 Å². The maximum atomic E-state index is 13.5. The molecule has 0 aliphatic carbocycles. The maximum Gasteiger partial charge on any atom is 0.476 e. The van der Waals surface area contributed by atoms with Crippen LogP contribution in [-0.4, -0.2) is 57.5 Å². The Hall–Kier alpha value is -2.52. The Kier molecular flexibility index (Phi) is 6.87. The lowest BCUT2D eigenvalue weighted by Gasteiger charge is -2.13. The van der Waals surface area contributed by atoms with Gasteiger partial charge in [0.1, 0.15) is 10.6 Å². The third-order valence-corrected chi connectivity index (χ3v) is 5.77. The van der Waals surface area contributed by atoms with E-state index in [1.165, 1.54) is 11.9 Å². The number of benzene rings is 1. The number of aromatic nitrogens is 2. The molecule has 1 aromatic heterocycles. The molecule has 2 heterocycles. The Morgan fingerprint density at radius 3 is 2.27 bits per heavy atom. The van der Waals surface area contributed by atoms with E-state index in [1.807, 2.05) is 0 Å². The lowest BCUT2D eigenvalue weighted by molar-refractivity contribution is -0.137. The zero-order valence-electron chi connectivity index (χ0n) is 16.3. The van der Waals surface area contributed by atoms with E-state index in [2.05, 4.69) is 20.0 Å². The highest BCUT2D eigenvalue weighted by molar-refractivity contribution is 7.86. The molecule has 0 amide bonds. The summed E-state index contributed by atoms with van der Waals surface area (Å²) in [5.74, 6) is -0.955. The lowest BCUT2D eigenvalue weighted by Crippen LogP contribution is -2.26. The molecule has 180 valence electrons. The van der Waals surface area contributed by atoms with Crippen molar-refractivity contribution in [2.45, 2.75) is 16.6 Å². The van der Waals surface area contributed by atoms with Crippen molar-refractivity contribution in [3.8, 4) is 5.69 Å². The Morgan fingerprint density at radius 2 is 1.82 bits per heavy atom. The molecule has 2 aromatic rings. The van der Waals surface area contributed by atoms with Crippen molar-refractivity contribution >= 4 is 52.1 Å². The fraction of sp³-hybridized carbons (Fsp3) is 0.312. The van der Waals surface area contributed by atoms with Crippen molar-refractivity contribution in [1.29, 1.82) is 0 Å². The molecule has 3 rings (SSSR count). The third-order valence-electron chi connectivity index (χ3n) is 4.03. The minimum Gasteiger partial charge on any atom is -0.486 e. The molecule has 0 fully saturated rings. The summed E-state index contributed by atoms with van der Waals surface area (Å²) >= 11 is 12.0. The van der Waals surface area contributed by atoms with Gasteiger partial charge >= 0.3 is 11.7 Å². The van der Waals surface area contributed by atoms with E-state index >= 15 is 0 Å². The number of oxime groups is 1. The van der Waals surface area contributed by atoms with Crippen LogP contribution in [0.5, 0.6) is 0 Å². The van der Waals surface area contributed by atoms with E-state index < -0.39 is 60.2 Å². The average molecular weight is 538 g/mol. The molecule has 1 aliphatic heterocycles. The molecule has 33 heavy (non-hydrogen) atoms. The number of hydrogen-bond donors (Lipinski definition) is 0. The van der Waals surface area contributed by atoms with Crippen LogP contribution < -0.4 is 0 Å². The summed E-state index contributed by atoms with van der Waals surface area (Å²) in [6.07, 6.45) is -4.10. The summed E-state index contributed by atoms with van der Waals surface area (Å²) in [5, 5.41) is 6.34. The van der Waals surface area contributed by atoms with Crippen molar-refractivity contribution in [2.24, 2.45) is 10.1 Å². The normalized spacial score (nSPS) is 15.7. The summed E-state index contributed by atoms with van der Waals surface area (Å²) in [4.78, 5) is 8.83. The van der Waals surface area contributed by atoms with Crippen LogP contribution in [-0.2, 0) is 26.6 Å². The van der Waals surface area contributed by atoms with Gasteiger partial charge in [-0.05, 0) is 12.1 Å². The van der Waals surface area contributed by atoms with Gasteiger partial charge < -0.3 is 14.5 Å². The first-order valence-corrected chi connectivity index (χ1v) is 10.3. The van der Waals surface area contributed by atoms with Gasteiger partial charge in [0.15, 0.2) is 41.3 Å². The molecular weight excluding hydrogens is 527 g/mol. The molecule has 0 saturated heterocycles. The predicted octanol–water partition coefficient (Wildman–Crippen LogP) is 4.71. The summed E-state index contributed by atoms with van der Waals surface area (Å²) < 4.78 is 97.4. The van der Waals surface area contributed by atoms with E-state index in [0.717, 1.165) is 7.11 Å². The van der Waals surface area contributed by atoms with Gasteiger partial charge in [0, 0.05) is 7.05 Å². The van der Waals surface area contributed by atoms with Crippen molar-refractivity contribution < 1.29 is 40.1 Å². The molecule has 1 aliphatic rings. The quantitative estimate of drug-likeness (QED) is 0.313. The molecule has 17 heteroatoms. The van der Waals surface area contributed by atoms with Gasteiger partial charge in [-0.3, -0.25) is 0 Å². The van der Waals surface area contributed by atoms with E-state index in [0.29, 0.717) is 23.2 Å². The number of nitrogens with zero attached hydrogens (tertiary/aromatic N) is 5. The second-order valence-corrected chi connectivity index (χ2v) is 8.48. The first-order chi connectivity index (χ1) is 15.3. The van der Waals surface area contributed by atoms with Gasteiger partial charge in [0.2, 0.25) is 0 Å². The molecule has 0 radical (unpaired) electrons. The fourth-order valence-corrected chi connectivity index (χ4v) is 4.15. The van der Waals surface area contributed by atoms with Crippen LogP contribution in [0.15, 0.2) is 27.2 Å². The number of hydrogen-bond acceptors (Lipinski definition) is 7. The van der Waals surface area contributed by atoms with Crippen LogP contribution in [0.1, 0.15) is 11.3 Å². The van der Waals surface area contributed by atoms with Crippen LogP contribution >= 0.6 is 23.2 Å². The molecule has 1 atom stereocenters. The molecule has 1 unspecified atom stereocenters. The molecule has 0 bridgehead atoms. The number of halogens is 8. The van der Waals surface area contributed by atoms with Crippen molar-refractivity contribution in [3.63, 3.8) is 0 Å². The second-order valence-electron chi connectivity index (χ2n) is 6.26. The second kappa shape index (κ2) is 9.02. The van der Waals surface area contributed by atoms with Crippen molar-refractivity contribution in [1.82, 2.24) is 14.7 Å². The molecule has 1 aromatic carbocycles. The number of alkyl halides is 6. The summed E-state index contributed by atoms with van der Waals surface area (Å²) in [6, 6.07) is 1.02. The summed E-state index contributed by atoms with van der Waals surface area (Å²) in [6.45, 7) is -0.154. The smallest absolute Gasteiger partial charge is 0.476 e. The molecular formula is C16H11Cl2F6N5O3S. The topological polar surface area (TPSA) is 81.3 Å². The highest BCUT2D eigenvalue weighted by atomic mass is 35.5. The van der Waals surface area contributed by atoms with Crippen LogP contribution in [0.25, 0.3) is 5.69 Å². The van der Waals surface area contributed by atoms with Gasteiger partial charge in [-0.25, -0.2) is 8.89 Å². The van der Waals surface area contributed by atoms with E-state index in [4.69, 9.17) is 28.0 Å². The zero-order chi connectivity index (χ0) is 24.7. The Labute approximate surface area is 193 Å².